The van der Waals surface area contributed by atoms with Gasteiger partial charge in [0.2, 0.25) is 0 Å². The molecule has 0 aromatic rings. The molecule has 0 saturated carbocycles. The van der Waals surface area contributed by atoms with Crippen LogP contribution < -0.4 is 0 Å². The first-order valence-corrected chi connectivity index (χ1v) is 3.03. The van der Waals surface area contributed by atoms with E-state index in [0.29, 0.717) is 0 Å². The normalized spacial score (nSPS) is 7.55. The van der Waals surface area contributed by atoms with Crippen LogP contribution in [0.25, 0.3) is 0 Å². The van der Waals surface area contributed by atoms with Gasteiger partial charge in [-0.15, -0.1) is 0 Å². The second-order valence-corrected chi connectivity index (χ2v) is 1.32. The van der Waals surface area contributed by atoms with Crippen molar-refractivity contribution in [3.05, 3.63) is 19.6 Å². The fraction of sp³-hybridized carbons (Fsp3) is 0.429. The van der Waals surface area contributed by atoms with Gasteiger partial charge < -0.3 is 14.9 Å². The second kappa shape index (κ2) is 11.9. The topological polar surface area (TPSA) is 66.8 Å². The van der Waals surface area contributed by atoms with Gasteiger partial charge in [0.1, 0.15) is 6.61 Å². The summed E-state index contributed by atoms with van der Waals surface area (Å²) in [5, 5.41) is 15.6. The van der Waals surface area contributed by atoms with E-state index in [9.17, 15) is 4.79 Å². The van der Waals surface area contributed by atoms with Gasteiger partial charge in [0.25, 0.3) is 0 Å². The molecular weight excluding hydrogens is 148 g/mol. The lowest BCUT2D eigenvalue weighted by atomic mass is 10.6. The van der Waals surface area contributed by atoms with E-state index in [4.69, 9.17) is 10.2 Å². The van der Waals surface area contributed by atoms with Crippen LogP contribution in [0.15, 0.2) is 12.7 Å². The van der Waals surface area contributed by atoms with E-state index in [0.717, 1.165) is 6.08 Å². The second-order valence-electron chi connectivity index (χ2n) is 1.32. The number of carbonyl (C=O) groups is 1. The maximum absolute atomic E-state index is 10.1. The lowest BCUT2D eigenvalue weighted by Crippen LogP contribution is -2.04. The number of esters is 1. The van der Waals surface area contributed by atoms with Crippen molar-refractivity contribution in [1.29, 1.82) is 0 Å². The predicted molar refractivity (Wildman–Crippen MR) is 40.7 cm³/mol. The highest BCUT2D eigenvalue weighted by molar-refractivity contribution is 5.81. The van der Waals surface area contributed by atoms with Crippen molar-refractivity contribution >= 4 is 5.97 Å². The van der Waals surface area contributed by atoms with Crippen molar-refractivity contribution in [2.75, 3.05) is 19.8 Å². The molecule has 0 amide bonds. The van der Waals surface area contributed by atoms with Crippen LogP contribution in [0.1, 0.15) is 0 Å². The highest BCUT2D eigenvalue weighted by Crippen LogP contribution is 1.75. The Morgan fingerprint density at radius 3 is 2.27 bits per heavy atom. The van der Waals surface area contributed by atoms with Gasteiger partial charge in [0.05, 0.1) is 6.61 Å². The molecule has 0 aliphatic heterocycles. The first-order valence-electron chi connectivity index (χ1n) is 3.03. The molecule has 4 heteroatoms. The number of rotatable bonds is 3. The first-order chi connectivity index (χ1) is 5.22. The van der Waals surface area contributed by atoms with Crippen LogP contribution in [0.5, 0.6) is 0 Å². The fourth-order valence-corrected chi connectivity index (χ4v) is 0.205. The van der Waals surface area contributed by atoms with E-state index in [-0.39, 0.29) is 19.8 Å². The molecule has 65 valence electrons. The smallest absolute Gasteiger partial charge is 0.330 e. The van der Waals surface area contributed by atoms with E-state index in [1.807, 2.05) is 0 Å². The SMILES string of the molecule is C=CC(=O)OCCO.[CH2]CO. The highest BCUT2D eigenvalue weighted by Gasteiger charge is 1.90. The maximum Gasteiger partial charge on any atom is 0.330 e. The number of carbonyl (C=O) groups excluding carboxylic acids is 1. The van der Waals surface area contributed by atoms with Crippen molar-refractivity contribution in [2.24, 2.45) is 0 Å². The molecule has 0 rings (SSSR count). The third kappa shape index (κ3) is 17.6. The molecule has 0 unspecified atom stereocenters. The lowest BCUT2D eigenvalue weighted by molar-refractivity contribution is -0.138. The monoisotopic (exact) mass is 161 g/mol. The molecule has 0 aromatic carbocycles. The van der Waals surface area contributed by atoms with Gasteiger partial charge in [-0.25, -0.2) is 4.79 Å². The summed E-state index contributed by atoms with van der Waals surface area (Å²) < 4.78 is 4.33. The van der Waals surface area contributed by atoms with Crippen molar-refractivity contribution in [3.8, 4) is 0 Å². The molecule has 0 atom stereocenters. The quantitative estimate of drug-likeness (QED) is 0.433. The molecule has 0 spiro atoms. The van der Waals surface area contributed by atoms with Gasteiger partial charge in [-0.05, 0) is 6.92 Å². The Labute approximate surface area is 66.1 Å². The van der Waals surface area contributed by atoms with Gasteiger partial charge in [-0.3, -0.25) is 0 Å². The van der Waals surface area contributed by atoms with Crippen molar-refractivity contribution in [1.82, 2.24) is 0 Å². The largest absolute Gasteiger partial charge is 0.460 e. The molecule has 0 aliphatic rings. The summed E-state index contributed by atoms with van der Waals surface area (Å²) in [6, 6.07) is 0. The minimum atomic E-state index is -0.501. The summed E-state index contributed by atoms with van der Waals surface area (Å²) in [6.45, 7) is 6.11. The molecule has 2 N–H and O–H groups in total. The number of aliphatic hydroxyl groups is 2. The van der Waals surface area contributed by atoms with Crippen LogP contribution in [0, 0.1) is 6.92 Å². The van der Waals surface area contributed by atoms with Crippen LogP contribution >= 0.6 is 0 Å². The summed E-state index contributed by atoms with van der Waals surface area (Å²) in [5.41, 5.74) is 0. The number of hydrogen-bond acceptors (Lipinski definition) is 4. The first kappa shape index (κ1) is 12.8. The molecule has 0 aliphatic carbocycles. The third-order valence-corrected chi connectivity index (χ3v) is 0.502. The summed E-state index contributed by atoms with van der Waals surface area (Å²) >= 11 is 0. The lowest BCUT2D eigenvalue weighted by Gasteiger charge is -1.94. The standard InChI is InChI=1S/C5H8O3.C2H5O/c1-2-5(7)8-4-3-6;1-2-3/h2,6H,1,3-4H2;3H,1-2H2. The Kier molecular flexibility index (Phi) is 13.8. The number of hydrogen-bond donors (Lipinski definition) is 2. The van der Waals surface area contributed by atoms with Gasteiger partial charge in [-0.2, -0.15) is 0 Å². The summed E-state index contributed by atoms with van der Waals surface area (Å²) in [7, 11) is 0. The van der Waals surface area contributed by atoms with Gasteiger partial charge in [0.15, 0.2) is 0 Å². The van der Waals surface area contributed by atoms with Crippen molar-refractivity contribution in [2.45, 2.75) is 0 Å². The summed E-state index contributed by atoms with van der Waals surface area (Å²) in [4.78, 5) is 10.1. The molecular formula is C7H13O4. The minimum absolute atomic E-state index is 0. The average Bonchev–Trinajstić information content (AvgIpc) is 2.02. The molecule has 0 bridgehead atoms. The minimum Gasteiger partial charge on any atom is -0.460 e. The van der Waals surface area contributed by atoms with Gasteiger partial charge in [0, 0.05) is 12.7 Å². The van der Waals surface area contributed by atoms with E-state index in [1.165, 1.54) is 0 Å². The highest BCUT2D eigenvalue weighted by atomic mass is 16.5. The Hall–Kier alpha value is -0.870. The molecule has 0 heterocycles. The zero-order valence-corrected chi connectivity index (χ0v) is 6.32. The Morgan fingerprint density at radius 2 is 2.00 bits per heavy atom. The van der Waals surface area contributed by atoms with Crippen LogP contribution in [-0.4, -0.2) is 36.0 Å². The average molecular weight is 161 g/mol. The van der Waals surface area contributed by atoms with E-state index >= 15 is 0 Å². The fourth-order valence-electron chi connectivity index (χ4n) is 0.205. The molecule has 0 aromatic heterocycles. The molecule has 0 fully saturated rings. The predicted octanol–water partition coefficient (Wildman–Crippen LogP) is -0.479. The maximum atomic E-state index is 10.1. The van der Waals surface area contributed by atoms with Crippen LogP contribution in [0.3, 0.4) is 0 Å². The van der Waals surface area contributed by atoms with E-state index in [2.05, 4.69) is 18.2 Å². The van der Waals surface area contributed by atoms with E-state index < -0.39 is 5.97 Å². The zero-order valence-electron chi connectivity index (χ0n) is 6.32. The van der Waals surface area contributed by atoms with Gasteiger partial charge >= 0.3 is 5.97 Å². The van der Waals surface area contributed by atoms with Crippen LogP contribution in [0.4, 0.5) is 0 Å². The van der Waals surface area contributed by atoms with Crippen LogP contribution in [0.2, 0.25) is 0 Å². The van der Waals surface area contributed by atoms with Crippen molar-refractivity contribution in [3.63, 3.8) is 0 Å². The Bertz CT molecular complexity index is 101. The Balaban J connectivity index is 0. The summed E-state index contributed by atoms with van der Waals surface area (Å²) in [5.74, 6) is -0.501. The van der Waals surface area contributed by atoms with Gasteiger partial charge in [-0.1, -0.05) is 6.58 Å². The third-order valence-electron chi connectivity index (χ3n) is 0.502. The molecule has 0 saturated heterocycles. The molecule has 11 heavy (non-hydrogen) atoms. The van der Waals surface area contributed by atoms with Crippen molar-refractivity contribution < 1.29 is 19.7 Å². The molecule has 1 radical (unpaired) electrons. The van der Waals surface area contributed by atoms with E-state index in [1.54, 1.807) is 0 Å². The zero-order chi connectivity index (χ0) is 9.11. The number of ether oxygens (including phenoxy) is 1. The Morgan fingerprint density at radius 1 is 1.55 bits per heavy atom. The number of aliphatic hydroxyl groups excluding tert-OH is 2. The summed E-state index contributed by atoms with van der Waals surface area (Å²) in [6.07, 6.45) is 1.05. The molecule has 4 nitrogen and oxygen atoms in total. The van der Waals surface area contributed by atoms with Crippen LogP contribution in [-0.2, 0) is 9.53 Å².